The molecule has 4 unspecified atom stereocenters. The molecule has 0 N–H and O–H groups in total. The SMILES string of the molecule is CCC(C)C1CCCC(c2cccc(Cl)c2)C12C=Nc1cc(Cl)ccc12. The van der Waals surface area contributed by atoms with E-state index < -0.39 is 0 Å². The fraction of sp³-hybridized carbons (Fsp3) is 0.435. The van der Waals surface area contributed by atoms with Gasteiger partial charge in [0.25, 0.3) is 0 Å². The Bertz CT molecular complexity index is 844. The summed E-state index contributed by atoms with van der Waals surface area (Å²) in [7, 11) is 0. The van der Waals surface area contributed by atoms with Crippen LogP contribution in [0.2, 0.25) is 10.0 Å². The average Bonchev–Trinajstić information content (AvgIpc) is 3.00. The Kier molecular flexibility index (Phi) is 4.88. The van der Waals surface area contributed by atoms with Gasteiger partial charge in [-0.2, -0.15) is 0 Å². The van der Waals surface area contributed by atoms with Gasteiger partial charge in [-0.3, -0.25) is 4.99 Å². The minimum atomic E-state index is -0.0573. The zero-order valence-electron chi connectivity index (χ0n) is 15.4. The predicted molar refractivity (Wildman–Crippen MR) is 112 cm³/mol. The number of halogens is 2. The number of fused-ring (bicyclic) bond motifs is 2. The molecular formula is C23H25Cl2N. The molecule has 26 heavy (non-hydrogen) atoms. The highest BCUT2D eigenvalue weighted by Crippen LogP contribution is 2.58. The van der Waals surface area contributed by atoms with Crippen LogP contribution < -0.4 is 0 Å². The van der Waals surface area contributed by atoms with E-state index >= 15 is 0 Å². The normalized spacial score (nSPS) is 28.3. The summed E-state index contributed by atoms with van der Waals surface area (Å²) in [5.41, 5.74) is 3.66. The molecule has 136 valence electrons. The van der Waals surface area contributed by atoms with Crippen LogP contribution in [0.1, 0.15) is 56.6 Å². The molecule has 0 aromatic heterocycles. The molecule has 1 aliphatic heterocycles. The summed E-state index contributed by atoms with van der Waals surface area (Å²) in [5.74, 6) is 1.63. The molecule has 2 aromatic carbocycles. The maximum Gasteiger partial charge on any atom is 0.0682 e. The first kappa shape index (κ1) is 18.1. The summed E-state index contributed by atoms with van der Waals surface area (Å²) in [6.07, 6.45) is 7.10. The molecule has 4 rings (SSSR count). The molecule has 1 fully saturated rings. The summed E-state index contributed by atoms with van der Waals surface area (Å²) in [6.45, 7) is 4.70. The van der Waals surface area contributed by atoms with Gasteiger partial charge in [0, 0.05) is 21.7 Å². The molecule has 1 aliphatic carbocycles. The van der Waals surface area contributed by atoms with E-state index in [9.17, 15) is 0 Å². The third-order valence-electron chi connectivity index (χ3n) is 6.62. The van der Waals surface area contributed by atoms with E-state index in [-0.39, 0.29) is 5.41 Å². The highest BCUT2D eigenvalue weighted by molar-refractivity contribution is 6.31. The van der Waals surface area contributed by atoms with Crippen LogP contribution in [0.15, 0.2) is 47.5 Å². The van der Waals surface area contributed by atoms with Gasteiger partial charge in [0.2, 0.25) is 0 Å². The van der Waals surface area contributed by atoms with Crippen LogP contribution in [-0.4, -0.2) is 6.21 Å². The monoisotopic (exact) mass is 385 g/mol. The van der Waals surface area contributed by atoms with E-state index in [1.54, 1.807) is 0 Å². The standard InChI is InChI=1S/C23H25Cl2N/c1-3-15(2)19-8-5-9-20(16-6-4-7-17(24)12-16)23(19)14-26-22-13-18(25)10-11-21(22)23/h4,6-7,10-15,19-20H,3,5,8-9H2,1-2H3. The minimum Gasteiger partial charge on any atom is -0.260 e. The molecule has 1 nitrogen and oxygen atoms in total. The Balaban J connectivity index is 1.91. The molecule has 0 radical (unpaired) electrons. The molecule has 1 heterocycles. The van der Waals surface area contributed by atoms with Crippen LogP contribution in [0, 0.1) is 11.8 Å². The van der Waals surface area contributed by atoms with E-state index in [2.05, 4.69) is 44.3 Å². The predicted octanol–water partition coefficient (Wildman–Crippen LogP) is 7.58. The summed E-state index contributed by atoms with van der Waals surface area (Å²) < 4.78 is 0. The van der Waals surface area contributed by atoms with E-state index in [4.69, 9.17) is 28.2 Å². The Morgan fingerprint density at radius 3 is 2.69 bits per heavy atom. The van der Waals surface area contributed by atoms with Crippen LogP contribution in [0.5, 0.6) is 0 Å². The zero-order chi connectivity index (χ0) is 18.3. The van der Waals surface area contributed by atoms with Crippen LogP contribution in [0.25, 0.3) is 0 Å². The fourth-order valence-electron chi connectivity index (χ4n) is 5.28. The van der Waals surface area contributed by atoms with Crippen LogP contribution >= 0.6 is 23.2 Å². The summed E-state index contributed by atoms with van der Waals surface area (Å²) in [4.78, 5) is 4.86. The lowest BCUT2D eigenvalue weighted by atomic mass is 9.53. The summed E-state index contributed by atoms with van der Waals surface area (Å²) in [5, 5.41) is 1.57. The third-order valence-corrected chi connectivity index (χ3v) is 7.09. The van der Waals surface area contributed by atoms with Gasteiger partial charge in [-0.15, -0.1) is 0 Å². The van der Waals surface area contributed by atoms with Crippen molar-refractivity contribution in [1.29, 1.82) is 0 Å². The van der Waals surface area contributed by atoms with Crippen molar-refractivity contribution in [2.45, 2.75) is 50.9 Å². The second kappa shape index (κ2) is 7.02. The van der Waals surface area contributed by atoms with E-state index in [1.165, 1.54) is 36.8 Å². The third kappa shape index (κ3) is 2.80. The lowest BCUT2D eigenvalue weighted by molar-refractivity contribution is 0.161. The number of nitrogens with zero attached hydrogens (tertiary/aromatic N) is 1. The van der Waals surface area contributed by atoms with Gasteiger partial charge in [0.1, 0.15) is 0 Å². The smallest absolute Gasteiger partial charge is 0.0682 e. The van der Waals surface area contributed by atoms with Crippen molar-refractivity contribution in [2.24, 2.45) is 16.8 Å². The van der Waals surface area contributed by atoms with Crippen molar-refractivity contribution in [3.05, 3.63) is 63.6 Å². The number of rotatable bonds is 3. The molecule has 0 amide bonds. The zero-order valence-corrected chi connectivity index (χ0v) is 16.9. The molecular weight excluding hydrogens is 361 g/mol. The molecule has 2 aromatic rings. The highest BCUT2D eigenvalue weighted by Gasteiger charge is 2.52. The van der Waals surface area contributed by atoms with Crippen LogP contribution in [0.4, 0.5) is 5.69 Å². The van der Waals surface area contributed by atoms with Gasteiger partial charge in [0.05, 0.1) is 5.69 Å². The van der Waals surface area contributed by atoms with Gasteiger partial charge in [-0.1, -0.05) is 68.1 Å². The summed E-state index contributed by atoms with van der Waals surface area (Å²) in [6, 6.07) is 14.7. The van der Waals surface area contributed by atoms with E-state index in [0.717, 1.165) is 15.7 Å². The topological polar surface area (TPSA) is 12.4 Å². The maximum absolute atomic E-state index is 6.36. The molecule has 2 aliphatic rings. The largest absolute Gasteiger partial charge is 0.260 e. The van der Waals surface area contributed by atoms with Crippen LogP contribution in [-0.2, 0) is 5.41 Å². The molecule has 3 heteroatoms. The van der Waals surface area contributed by atoms with Gasteiger partial charge >= 0.3 is 0 Å². The minimum absolute atomic E-state index is 0.0573. The molecule has 4 atom stereocenters. The molecule has 0 bridgehead atoms. The van der Waals surface area contributed by atoms with Crippen LogP contribution in [0.3, 0.4) is 0 Å². The van der Waals surface area contributed by atoms with Gasteiger partial charge < -0.3 is 0 Å². The fourth-order valence-corrected chi connectivity index (χ4v) is 5.65. The second-order valence-electron chi connectivity index (χ2n) is 7.88. The Morgan fingerprint density at radius 2 is 1.92 bits per heavy atom. The lowest BCUT2D eigenvalue weighted by Gasteiger charge is -2.49. The Morgan fingerprint density at radius 1 is 1.12 bits per heavy atom. The molecule has 1 spiro atoms. The number of hydrogen-bond acceptors (Lipinski definition) is 1. The van der Waals surface area contributed by atoms with Crippen molar-refractivity contribution in [2.75, 3.05) is 0 Å². The molecule has 0 saturated heterocycles. The summed E-state index contributed by atoms with van der Waals surface area (Å²) >= 11 is 12.6. The van der Waals surface area contributed by atoms with Crippen molar-refractivity contribution >= 4 is 35.1 Å². The van der Waals surface area contributed by atoms with E-state index in [1.807, 2.05) is 18.2 Å². The van der Waals surface area contributed by atoms with Crippen molar-refractivity contribution in [1.82, 2.24) is 0 Å². The van der Waals surface area contributed by atoms with Crippen molar-refractivity contribution < 1.29 is 0 Å². The Hall–Kier alpha value is -1.31. The quantitative estimate of drug-likeness (QED) is 0.516. The first-order chi connectivity index (χ1) is 12.6. The maximum atomic E-state index is 6.36. The number of aliphatic imine (C=N–C) groups is 1. The first-order valence-electron chi connectivity index (χ1n) is 9.67. The average molecular weight is 386 g/mol. The van der Waals surface area contributed by atoms with Gasteiger partial charge in [-0.05, 0) is 66.0 Å². The van der Waals surface area contributed by atoms with Crippen molar-refractivity contribution in [3.8, 4) is 0 Å². The Labute approximate surface area is 166 Å². The number of hydrogen-bond donors (Lipinski definition) is 0. The highest BCUT2D eigenvalue weighted by atomic mass is 35.5. The first-order valence-corrected chi connectivity index (χ1v) is 10.4. The number of benzene rings is 2. The van der Waals surface area contributed by atoms with E-state index in [0.29, 0.717) is 17.8 Å². The van der Waals surface area contributed by atoms with Gasteiger partial charge in [0.15, 0.2) is 0 Å². The lowest BCUT2D eigenvalue weighted by Crippen LogP contribution is -2.46. The van der Waals surface area contributed by atoms with Crippen molar-refractivity contribution in [3.63, 3.8) is 0 Å². The second-order valence-corrected chi connectivity index (χ2v) is 8.76. The van der Waals surface area contributed by atoms with Gasteiger partial charge in [-0.25, -0.2) is 0 Å². The molecule has 1 saturated carbocycles.